The molecule has 0 saturated carbocycles. The van der Waals surface area contributed by atoms with Gasteiger partial charge in [0, 0.05) is 33.5 Å². The standard InChI is InChI=1S/C43H35N5/c1-28-29(2)47(32-20-10-5-11-21-32)38-27-26-34-33-22-12-14-24-36(33)48(37-25-15-13-23-35(37)40(34)39(28)38)43-45-41(30-16-6-3-7-17-30)44-42(46-43)31-18-8-4-9-19-31/h3-27,41-42,44H,1-2H3,(H,45,46). The number of rotatable bonds is 3. The molecule has 9 rings (SSSR count). The van der Waals surface area contributed by atoms with Crippen LogP contribution in [-0.2, 0) is 0 Å². The van der Waals surface area contributed by atoms with E-state index in [1.54, 1.807) is 0 Å². The Hall–Kier alpha value is -5.91. The zero-order chi connectivity index (χ0) is 32.2. The first-order valence-corrected chi connectivity index (χ1v) is 16.6. The van der Waals surface area contributed by atoms with Gasteiger partial charge in [0.15, 0.2) is 0 Å². The smallest absolute Gasteiger partial charge is 0.206 e. The number of aromatic nitrogens is 1. The lowest BCUT2D eigenvalue weighted by Crippen LogP contribution is -2.50. The van der Waals surface area contributed by atoms with Crippen LogP contribution in [0.25, 0.3) is 38.8 Å². The van der Waals surface area contributed by atoms with Crippen molar-refractivity contribution in [1.82, 2.24) is 15.2 Å². The minimum Gasteiger partial charge on any atom is -0.336 e. The molecule has 1 aromatic heterocycles. The molecule has 0 radical (unpaired) electrons. The van der Waals surface area contributed by atoms with Crippen molar-refractivity contribution in [3.63, 3.8) is 0 Å². The van der Waals surface area contributed by atoms with Gasteiger partial charge >= 0.3 is 0 Å². The minimum atomic E-state index is -0.242. The van der Waals surface area contributed by atoms with Crippen LogP contribution in [0.1, 0.15) is 34.7 Å². The second kappa shape index (κ2) is 11.4. The summed E-state index contributed by atoms with van der Waals surface area (Å²) < 4.78 is 2.40. The van der Waals surface area contributed by atoms with Crippen LogP contribution in [0.5, 0.6) is 0 Å². The molecule has 5 heteroatoms. The molecular formula is C43H35N5. The van der Waals surface area contributed by atoms with E-state index in [9.17, 15) is 0 Å². The van der Waals surface area contributed by atoms with Crippen molar-refractivity contribution >= 4 is 28.2 Å². The van der Waals surface area contributed by atoms with E-state index in [2.05, 4.69) is 186 Å². The maximum absolute atomic E-state index is 5.41. The lowest BCUT2D eigenvalue weighted by Gasteiger charge is -2.37. The summed E-state index contributed by atoms with van der Waals surface area (Å²) in [5, 5.41) is 8.86. The van der Waals surface area contributed by atoms with E-state index in [0.29, 0.717) is 0 Å². The van der Waals surface area contributed by atoms with Crippen molar-refractivity contribution in [2.75, 3.05) is 4.90 Å². The van der Waals surface area contributed by atoms with Crippen molar-refractivity contribution in [2.24, 2.45) is 4.99 Å². The number of benzene rings is 6. The Labute approximate surface area is 280 Å². The maximum atomic E-state index is 5.41. The van der Waals surface area contributed by atoms with E-state index < -0.39 is 0 Å². The fraction of sp³-hybridized carbons (Fsp3) is 0.0930. The van der Waals surface area contributed by atoms with Crippen molar-refractivity contribution in [2.45, 2.75) is 26.2 Å². The molecule has 5 nitrogen and oxygen atoms in total. The van der Waals surface area contributed by atoms with Crippen LogP contribution in [0, 0.1) is 13.8 Å². The lowest BCUT2D eigenvalue weighted by atomic mass is 9.90. The van der Waals surface area contributed by atoms with Gasteiger partial charge in [-0.1, -0.05) is 121 Å². The molecule has 2 unspecified atom stereocenters. The Morgan fingerprint density at radius 1 is 0.562 bits per heavy atom. The molecule has 2 aliphatic rings. The maximum Gasteiger partial charge on any atom is 0.206 e. The molecule has 232 valence electrons. The lowest BCUT2D eigenvalue weighted by molar-refractivity contribution is 0.406. The number of aryl methyl sites for hydroxylation is 1. The summed E-state index contributed by atoms with van der Waals surface area (Å²) in [7, 11) is 0. The molecule has 0 bridgehead atoms. The van der Waals surface area contributed by atoms with Crippen LogP contribution in [-0.4, -0.2) is 10.5 Å². The Balaban J connectivity index is 1.31. The summed E-state index contributed by atoms with van der Waals surface area (Å²) in [5.41, 5.74) is 14.2. The van der Waals surface area contributed by atoms with Crippen LogP contribution < -0.4 is 15.5 Å². The second-order valence-electron chi connectivity index (χ2n) is 12.6. The Morgan fingerprint density at radius 3 is 1.85 bits per heavy atom. The van der Waals surface area contributed by atoms with Crippen LogP contribution in [0.2, 0.25) is 0 Å². The highest BCUT2D eigenvalue weighted by molar-refractivity contribution is 6.17. The Morgan fingerprint density at radius 2 is 1.15 bits per heavy atom. The third kappa shape index (κ3) is 4.47. The van der Waals surface area contributed by atoms with Crippen molar-refractivity contribution in [1.29, 1.82) is 0 Å². The molecule has 0 fully saturated rings. The van der Waals surface area contributed by atoms with E-state index in [1.807, 2.05) is 0 Å². The first-order valence-electron chi connectivity index (χ1n) is 16.6. The summed E-state index contributed by atoms with van der Waals surface area (Å²) in [4.78, 5) is 7.74. The first kappa shape index (κ1) is 28.3. The van der Waals surface area contributed by atoms with E-state index in [0.717, 1.165) is 28.5 Å². The Bertz CT molecular complexity index is 2320. The Kier molecular flexibility index (Phi) is 6.73. The average Bonchev–Trinajstić information content (AvgIpc) is 3.33. The van der Waals surface area contributed by atoms with Gasteiger partial charge in [-0.25, -0.2) is 4.99 Å². The van der Waals surface area contributed by atoms with Crippen LogP contribution >= 0.6 is 0 Å². The molecule has 48 heavy (non-hydrogen) atoms. The van der Waals surface area contributed by atoms with Gasteiger partial charge in [-0.15, -0.1) is 0 Å². The predicted molar refractivity (Wildman–Crippen MR) is 198 cm³/mol. The third-order valence-corrected chi connectivity index (χ3v) is 9.85. The summed E-state index contributed by atoms with van der Waals surface area (Å²) in [6.45, 7) is 4.50. The number of nitrogens with one attached hydrogen (secondary N) is 2. The molecule has 0 spiro atoms. The largest absolute Gasteiger partial charge is 0.336 e. The second-order valence-corrected chi connectivity index (χ2v) is 12.6. The van der Waals surface area contributed by atoms with Gasteiger partial charge in [0.1, 0.15) is 12.3 Å². The number of nitrogens with zero attached hydrogens (tertiary/aromatic N) is 3. The molecule has 7 aromatic rings. The SMILES string of the molecule is Cc1c(C)n(-c2ccccc2)c2ccc3c(c12)-c1ccccc1N(C1=NC(c2ccccc2)NC(c2ccccc2)N1)c1ccccc1-3. The topological polar surface area (TPSA) is 44.6 Å². The van der Waals surface area contributed by atoms with Gasteiger partial charge in [0.05, 0.1) is 16.9 Å². The molecule has 3 heterocycles. The zero-order valence-corrected chi connectivity index (χ0v) is 26.9. The number of guanidine groups is 1. The van der Waals surface area contributed by atoms with Crippen LogP contribution in [0.4, 0.5) is 11.4 Å². The highest BCUT2D eigenvalue weighted by atomic mass is 15.4. The first-order chi connectivity index (χ1) is 23.7. The van der Waals surface area contributed by atoms with Gasteiger partial charge in [0.2, 0.25) is 5.96 Å². The summed E-state index contributed by atoms with van der Waals surface area (Å²) in [6, 6.07) is 53.9. The summed E-state index contributed by atoms with van der Waals surface area (Å²) >= 11 is 0. The predicted octanol–water partition coefficient (Wildman–Crippen LogP) is 9.98. The molecule has 0 aliphatic carbocycles. The fourth-order valence-electron chi connectivity index (χ4n) is 7.51. The molecule has 0 saturated heterocycles. The van der Waals surface area contributed by atoms with Crippen LogP contribution in [0.15, 0.2) is 157 Å². The molecule has 2 atom stereocenters. The molecular weight excluding hydrogens is 587 g/mol. The monoisotopic (exact) mass is 621 g/mol. The van der Waals surface area contributed by atoms with Gasteiger partial charge in [-0.2, -0.15) is 0 Å². The minimum absolute atomic E-state index is 0.148. The molecule has 6 aromatic carbocycles. The quantitative estimate of drug-likeness (QED) is 0.206. The molecule has 2 N–H and O–H groups in total. The van der Waals surface area contributed by atoms with Crippen molar-refractivity contribution in [3.8, 4) is 27.9 Å². The van der Waals surface area contributed by atoms with Gasteiger partial charge in [-0.05, 0) is 66.4 Å². The highest BCUT2D eigenvalue weighted by Crippen LogP contribution is 2.51. The van der Waals surface area contributed by atoms with Gasteiger partial charge < -0.3 is 9.88 Å². The zero-order valence-electron chi connectivity index (χ0n) is 26.9. The fourth-order valence-corrected chi connectivity index (χ4v) is 7.51. The number of fused-ring (bicyclic) bond motifs is 7. The van der Waals surface area contributed by atoms with Gasteiger partial charge in [0.25, 0.3) is 0 Å². The van der Waals surface area contributed by atoms with E-state index in [1.165, 1.54) is 50.1 Å². The number of hydrogen-bond acceptors (Lipinski definition) is 4. The summed E-state index contributed by atoms with van der Waals surface area (Å²) in [6.07, 6.45) is -0.389. The number of aliphatic imine (C=N–C) groups is 1. The van der Waals surface area contributed by atoms with Gasteiger partial charge in [-0.3, -0.25) is 10.2 Å². The third-order valence-electron chi connectivity index (χ3n) is 9.85. The number of hydrogen-bond donors (Lipinski definition) is 2. The van der Waals surface area contributed by atoms with E-state index in [4.69, 9.17) is 4.99 Å². The molecule has 0 amide bonds. The number of anilines is 2. The molecule has 2 aliphatic heterocycles. The average molecular weight is 622 g/mol. The van der Waals surface area contributed by atoms with Crippen molar-refractivity contribution in [3.05, 3.63) is 174 Å². The summed E-state index contributed by atoms with van der Waals surface area (Å²) in [5.74, 6) is 0.801. The van der Waals surface area contributed by atoms with E-state index >= 15 is 0 Å². The van der Waals surface area contributed by atoms with E-state index in [-0.39, 0.29) is 12.3 Å². The van der Waals surface area contributed by atoms with Crippen molar-refractivity contribution < 1.29 is 0 Å². The normalized spacial score (nSPS) is 16.7. The highest BCUT2D eigenvalue weighted by Gasteiger charge is 2.34. The van der Waals surface area contributed by atoms with Crippen LogP contribution in [0.3, 0.4) is 0 Å². The number of para-hydroxylation sites is 3.